The topological polar surface area (TPSA) is 32.3 Å². The number of amides is 1. The highest BCUT2D eigenvalue weighted by molar-refractivity contribution is 5.96. The van der Waals surface area contributed by atoms with Crippen molar-refractivity contribution in [2.75, 3.05) is 20.3 Å². The number of fused-ring (bicyclic) bond motifs is 1. The molecule has 0 atom stereocenters. The van der Waals surface area contributed by atoms with Crippen molar-refractivity contribution in [3.8, 4) is 0 Å². The molecule has 0 unspecified atom stereocenters. The van der Waals surface area contributed by atoms with Gasteiger partial charge in [-0.2, -0.15) is 0 Å². The Bertz CT molecular complexity index is 349. The highest BCUT2D eigenvalue weighted by Gasteiger charge is 2.22. The highest BCUT2D eigenvalue weighted by atomic mass is 16.2. The van der Waals surface area contributed by atoms with E-state index >= 15 is 0 Å². The molecule has 0 fully saturated rings. The standard InChI is InChI=1S/C11H14N2O/c1-12-8-13-7-6-9-4-2-3-5-10(9)11(13)14/h2-5,12H,6-8H2,1H3. The second kappa shape index (κ2) is 3.80. The van der Waals surface area contributed by atoms with Gasteiger partial charge in [-0.25, -0.2) is 0 Å². The van der Waals surface area contributed by atoms with E-state index in [2.05, 4.69) is 5.32 Å². The fraction of sp³-hybridized carbons (Fsp3) is 0.364. The summed E-state index contributed by atoms with van der Waals surface area (Å²) in [4.78, 5) is 13.7. The van der Waals surface area contributed by atoms with Crippen LogP contribution in [0.3, 0.4) is 0 Å². The van der Waals surface area contributed by atoms with Gasteiger partial charge in [-0.1, -0.05) is 18.2 Å². The second-order valence-electron chi connectivity index (χ2n) is 3.49. The van der Waals surface area contributed by atoms with Crippen LogP contribution in [0.5, 0.6) is 0 Å². The molecule has 0 saturated heterocycles. The van der Waals surface area contributed by atoms with Crippen molar-refractivity contribution >= 4 is 5.91 Å². The molecular weight excluding hydrogens is 176 g/mol. The van der Waals surface area contributed by atoms with Gasteiger partial charge in [0.05, 0.1) is 6.67 Å². The van der Waals surface area contributed by atoms with E-state index in [-0.39, 0.29) is 5.91 Å². The summed E-state index contributed by atoms with van der Waals surface area (Å²) in [6.07, 6.45) is 0.962. The van der Waals surface area contributed by atoms with Gasteiger partial charge in [-0.15, -0.1) is 0 Å². The van der Waals surface area contributed by atoms with Gasteiger partial charge in [0.25, 0.3) is 5.91 Å². The monoisotopic (exact) mass is 190 g/mol. The van der Waals surface area contributed by atoms with Gasteiger partial charge < -0.3 is 10.2 Å². The smallest absolute Gasteiger partial charge is 0.255 e. The fourth-order valence-corrected chi connectivity index (χ4v) is 1.82. The number of hydrogen-bond acceptors (Lipinski definition) is 2. The largest absolute Gasteiger partial charge is 0.326 e. The predicted octanol–water partition coefficient (Wildman–Crippen LogP) is 0.862. The summed E-state index contributed by atoms with van der Waals surface area (Å²) in [5.41, 5.74) is 2.03. The molecule has 14 heavy (non-hydrogen) atoms. The van der Waals surface area contributed by atoms with E-state index in [1.54, 1.807) is 0 Å². The number of hydrogen-bond donors (Lipinski definition) is 1. The Morgan fingerprint density at radius 2 is 2.21 bits per heavy atom. The molecule has 3 heteroatoms. The Kier molecular flexibility index (Phi) is 2.50. The minimum atomic E-state index is 0.140. The Morgan fingerprint density at radius 3 is 3.00 bits per heavy atom. The van der Waals surface area contributed by atoms with Gasteiger partial charge in [0.1, 0.15) is 0 Å². The maximum absolute atomic E-state index is 11.9. The summed E-state index contributed by atoms with van der Waals surface area (Å²) in [6.45, 7) is 1.45. The van der Waals surface area contributed by atoms with Crippen molar-refractivity contribution in [3.05, 3.63) is 35.4 Å². The summed E-state index contributed by atoms with van der Waals surface area (Å²) in [5, 5.41) is 3.00. The zero-order chi connectivity index (χ0) is 9.97. The van der Waals surface area contributed by atoms with E-state index in [0.29, 0.717) is 6.67 Å². The maximum atomic E-state index is 11.9. The molecule has 1 N–H and O–H groups in total. The molecule has 1 amide bonds. The zero-order valence-corrected chi connectivity index (χ0v) is 8.29. The van der Waals surface area contributed by atoms with Crippen LogP contribution in [0.25, 0.3) is 0 Å². The van der Waals surface area contributed by atoms with E-state index in [9.17, 15) is 4.79 Å². The Hall–Kier alpha value is -1.35. The van der Waals surface area contributed by atoms with Crippen molar-refractivity contribution in [1.82, 2.24) is 10.2 Å². The number of carbonyl (C=O) groups is 1. The van der Waals surface area contributed by atoms with Gasteiger partial charge in [-0.05, 0) is 25.1 Å². The summed E-state index contributed by atoms with van der Waals surface area (Å²) < 4.78 is 0. The molecule has 0 aliphatic carbocycles. The lowest BCUT2D eigenvalue weighted by molar-refractivity contribution is 0.0730. The maximum Gasteiger partial charge on any atom is 0.255 e. The van der Waals surface area contributed by atoms with Crippen LogP contribution in [0, 0.1) is 0 Å². The molecule has 0 radical (unpaired) electrons. The molecule has 2 rings (SSSR count). The molecule has 74 valence electrons. The molecule has 1 aromatic rings. The second-order valence-corrected chi connectivity index (χ2v) is 3.49. The number of nitrogens with zero attached hydrogens (tertiary/aromatic N) is 1. The van der Waals surface area contributed by atoms with Crippen LogP contribution in [0.4, 0.5) is 0 Å². The summed E-state index contributed by atoms with van der Waals surface area (Å²) in [6, 6.07) is 7.84. The predicted molar refractivity (Wildman–Crippen MR) is 55.1 cm³/mol. The zero-order valence-electron chi connectivity index (χ0n) is 8.29. The number of benzene rings is 1. The lowest BCUT2D eigenvalue weighted by atomic mass is 10.00. The van der Waals surface area contributed by atoms with E-state index < -0.39 is 0 Å². The third-order valence-corrected chi connectivity index (χ3v) is 2.54. The Labute approximate surface area is 83.7 Å². The summed E-state index contributed by atoms with van der Waals surface area (Å²) in [7, 11) is 1.85. The van der Waals surface area contributed by atoms with Crippen LogP contribution in [-0.2, 0) is 6.42 Å². The van der Waals surface area contributed by atoms with Crippen LogP contribution in [0.2, 0.25) is 0 Å². The minimum Gasteiger partial charge on any atom is -0.326 e. The Balaban J connectivity index is 2.27. The molecular formula is C11H14N2O. The minimum absolute atomic E-state index is 0.140. The van der Waals surface area contributed by atoms with Crippen molar-refractivity contribution in [2.24, 2.45) is 0 Å². The number of carbonyl (C=O) groups excluding carboxylic acids is 1. The molecule has 0 saturated carbocycles. The molecule has 1 aromatic carbocycles. The van der Waals surface area contributed by atoms with Crippen LogP contribution in [-0.4, -0.2) is 31.1 Å². The average molecular weight is 190 g/mol. The van der Waals surface area contributed by atoms with Gasteiger partial charge in [0.2, 0.25) is 0 Å². The molecule has 0 bridgehead atoms. The van der Waals surface area contributed by atoms with E-state index in [1.165, 1.54) is 5.56 Å². The van der Waals surface area contributed by atoms with Gasteiger partial charge >= 0.3 is 0 Å². The molecule has 1 heterocycles. The number of rotatable bonds is 2. The summed E-state index contributed by atoms with van der Waals surface area (Å²) in [5.74, 6) is 0.140. The average Bonchev–Trinajstić information content (AvgIpc) is 2.23. The van der Waals surface area contributed by atoms with Crippen molar-refractivity contribution in [2.45, 2.75) is 6.42 Å². The van der Waals surface area contributed by atoms with Gasteiger partial charge in [0, 0.05) is 12.1 Å². The Morgan fingerprint density at radius 1 is 1.43 bits per heavy atom. The molecule has 0 spiro atoms. The first kappa shape index (κ1) is 9.21. The first-order chi connectivity index (χ1) is 6.83. The first-order valence-electron chi connectivity index (χ1n) is 4.84. The van der Waals surface area contributed by atoms with Crippen LogP contribution >= 0.6 is 0 Å². The van der Waals surface area contributed by atoms with Crippen molar-refractivity contribution in [1.29, 1.82) is 0 Å². The lowest BCUT2D eigenvalue weighted by Gasteiger charge is -2.28. The third-order valence-electron chi connectivity index (χ3n) is 2.54. The van der Waals surface area contributed by atoms with Crippen molar-refractivity contribution < 1.29 is 4.79 Å². The van der Waals surface area contributed by atoms with E-state index in [0.717, 1.165) is 18.5 Å². The molecule has 3 nitrogen and oxygen atoms in total. The summed E-state index contributed by atoms with van der Waals surface area (Å²) >= 11 is 0. The molecule has 0 aromatic heterocycles. The highest BCUT2D eigenvalue weighted by Crippen LogP contribution is 2.17. The molecule has 1 aliphatic rings. The first-order valence-corrected chi connectivity index (χ1v) is 4.84. The van der Waals surface area contributed by atoms with Gasteiger partial charge in [0.15, 0.2) is 0 Å². The van der Waals surface area contributed by atoms with E-state index in [1.807, 2.05) is 36.2 Å². The van der Waals surface area contributed by atoms with E-state index in [4.69, 9.17) is 0 Å². The molecule has 1 aliphatic heterocycles. The quantitative estimate of drug-likeness (QED) is 0.750. The SMILES string of the molecule is CNCN1CCc2ccccc2C1=O. The fourth-order valence-electron chi connectivity index (χ4n) is 1.82. The van der Waals surface area contributed by atoms with Crippen LogP contribution < -0.4 is 5.32 Å². The van der Waals surface area contributed by atoms with Crippen LogP contribution in [0.15, 0.2) is 24.3 Å². The normalized spacial score (nSPS) is 15.5. The third kappa shape index (κ3) is 1.51. The van der Waals surface area contributed by atoms with Crippen molar-refractivity contribution in [3.63, 3.8) is 0 Å². The lowest BCUT2D eigenvalue weighted by Crippen LogP contribution is -2.42. The van der Waals surface area contributed by atoms with Gasteiger partial charge in [-0.3, -0.25) is 4.79 Å². The van der Waals surface area contributed by atoms with Crippen LogP contribution in [0.1, 0.15) is 15.9 Å². The number of nitrogens with one attached hydrogen (secondary N) is 1.